The van der Waals surface area contributed by atoms with Crippen LogP contribution in [0.15, 0.2) is 51.6 Å². The number of carbonyl (C=O) groups excluding carboxylic acids is 3. The first kappa shape index (κ1) is 18.9. The van der Waals surface area contributed by atoms with Crippen molar-refractivity contribution < 1.29 is 28.1 Å². The van der Waals surface area contributed by atoms with Crippen LogP contribution in [0.2, 0.25) is 0 Å². The first-order valence-electron chi connectivity index (χ1n) is 8.28. The Hall–Kier alpha value is -3.88. The number of ether oxygens (including phenoxy) is 1. The van der Waals surface area contributed by atoms with Gasteiger partial charge in [0.1, 0.15) is 5.76 Å². The highest BCUT2D eigenvalue weighted by Crippen LogP contribution is 2.19. The van der Waals surface area contributed by atoms with Crippen molar-refractivity contribution in [3.05, 3.63) is 65.3 Å². The number of hydrogen-bond donors (Lipinski definition) is 2. The monoisotopic (exact) mass is 383 g/mol. The van der Waals surface area contributed by atoms with Crippen LogP contribution in [0.4, 0.5) is 11.5 Å². The number of anilines is 2. The Balaban J connectivity index is 1.60. The van der Waals surface area contributed by atoms with Gasteiger partial charge in [-0.05, 0) is 43.7 Å². The van der Waals surface area contributed by atoms with Gasteiger partial charge in [-0.15, -0.1) is 0 Å². The second-order valence-electron chi connectivity index (χ2n) is 5.91. The summed E-state index contributed by atoms with van der Waals surface area (Å²) in [5.41, 5.74) is 1.36. The van der Waals surface area contributed by atoms with Gasteiger partial charge in [0, 0.05) is 11.8 Å². The molecule has 0 fully saturated rings. The van der Waals surface area contributed by atoms with Gasteiger partial charge in [-0.2, -0.15) is 0 Å². The molecule has 0 aliphatic heterocycles. The van der Waals surface area contributed by atoms with Crippen LogP contribution in [-0.2, 0) is 9.53 Å². The molecule has 2 aromatic heterocycles. The minimum absolute atomic E-state index is 0.146. The minimum atomic E-state index is -0.708. The summed E-state index contributed by atoms with van der Waals surface area (Å²) in [5.74, 6) is -0.791. The summed E-state index contributed by atoms with van der Waals surface area (Å²) >= 11 is 0. The van der Waals surface area contributed by atoms with Gasteiger partial charge in [-0.25, -0.2) is 4.79 Å². The average Bonchev–Trinajstić information content (AvgIpc) is 3.33. The molecule has 144 valence electrons. The number of nitrogens with zero attached hydrogens (tertiary/aromatic N) is 1. The number of amides is 2. The quantitative estimate of drug-likeness (QED) is 0.627. The van der Waals surface area contributed by atoms with Crippen LogP contribution in [0.5, 0.6) is 0 Å². The summed E-state index contributed by atoms with van der Waals surface area (Å²) in [4.78, 5) is 36.1. The molecule has 1 aromatic carbocycles. The number of furan rings is 1. The van der Waals surface area contributed by atoms with Gasteiger partial charge < -0.3 is 24.3 Å². The van der Waals surface area contributed by atoms with Crippen molar-refractivity contribution in [2.24, 2.45) is 0 Å². The Kier molecular flexibility index (Phi) is 5.54. The largest absolute Gasteiger partial charge is 0.459 e. The molecule has 28 heavy (non-hydrogen) atoms. The maximum absolute atomic E-state index is 12.2. The molecule has 0 saturated carbocycles. The van der Waals surface area contributed by atoms with Crippen LogP contribution < -0.4 is 10.6 Å². The summed E-state index contributed by atoms with van der Waals surface area (Å²) < 4.78 is 14.9. The Morgan fingerprint density at radius 2 is 1.93 bits per heavy atom. The van der Waals surface area contributed by atoms with E-state index in [2.05, 4.69) is 15.8 Å². The van der Waals surface area contributed by atoms with E-state index < -0.39 is 24.4 Å². The van der Waals surface area contributed by atoms with E-state index >= 15 is 0 Å². The molecule has 0 atom stereocenters. The van der Waals surface area contributed by atoms with Crippen LogP contribution in [0.25, 0.3) is 0 Å². The molecular formula is C19H17N3O6. The Morgan fingerprint density at radius 3 is 2.61 bits per heavy atom. The van der Waals surface area contributed by atoms with Crippen LogP contribution in [-0.4, -0.2) is 29.5 Å². The molecule has 9 heteroatoms. The SMILES string of the molecule is Cc1cc(NC(=O)COC(=O)c2ccc(C)c(NC(=O)c3ccco3)c2)no1. The first-order valence-corrected chi connectivity index (χ1v) is 8.28. The normalized spacial score (nSPS) is 10.4. The molecule has 0 unspecified atom stereocenters. The fourth-order valence-electron chi connectivity index (χ4n) is 2.29. The van der Waals surface area contributed by atoms with E-state index in [-0.39, 0.29) is 17.1 Å². The van der Waals surface area contributed by atoms with Crippen molar-refractivity contribution in [3.8, 4) is 0 Å². The lowest BCUT2D eigenvalue weighted by molar-refractivity contribution is -0.119. The second kappa shape index (κ2) is 8.21. The van der Waals surface area contributed by atoms with Crippen LogP contribution >= 0.6 is 0 Å². The van der Waals surface area contributed by atoms with Crippen molar-refractivity contribution in [1.29, 1.82) is 0 Å². The molecule has 0 radical (unpaired) electrons. The van der Waals surface area contributed by atoms with Gasteiger partial charge in [0.05, 0.1) is 11.8 Å². The number of aromatic nitrogens is 1. The maximum atomic E-state index is 12.2. The van der Waals surface area contributed by atoms with Crippen molar-refractivity contribution in [3.63, 3.8) is 0 Å². The molecule has 9 nitrogen and oxygen atoms in total. The number of benzene rings is 1. The molecule has 2 heterocycles. The molecule has 0 aliphatic carbocycles. The number of carbonyl (C=O) groups is 3. The van der Waals surface area contributed by atoms with Crippen LogP contribution in [0.3, 0.4) is 0 Å². The van der Waals surface area contributed by atoms with Crippen molar-refractivity contribution in [1.82, 2.24) is 5.16 Å². The second-order valence-corrected chi connectivity index (χ2v) is 5.91. The Labute approximate surface area is 159 Å². The first-order chi connectivity index (χ1) is 13.4. The number of aryl methyl sites for hydroxylation is 2. The summed E-state index contributed by atoms with van der Waals surface area (Å²) in [6.45, 7) is 2.97. The van der Waals surface area contributed by atoms with Crippen molar-refractivity contribution in [2.45, 2.75) is 13.8 Å². The zero-order chi connectivity index (χ0) is 20.1. The highest BCUT2D eigenvalue weighted by Gasteiger charge is 2.15. The summed E-state index contributed by atoms with van der Waals surface area (Å²) in [5, 5.41) is 8.73. The van der Waals surface area contributed by atoms with Gasteiger partial charge in [0.15, 0.2) is 18.2 Å². The Bertz CT molecular complexity index is 1010. The molecule has 3 aromatic rings. The lowest BCUT2D eigenvalue weighted by Gasteiger charge is -2.10. The number of nitrogens with one attached hydrogen (secondary N) is 2. The lowest BCUT2D eigenvalue weighted by Crippen LogP contribution is -2.21. The van der Waals surface area contributed by atoms with Crippen molar-refractivity contribution >= 4 is 29.3 Å². The van der Waals surface area contributed by atoms with E-state index in [1.165, 1.54) is 24.5 Å². The highest BCUT2D eigenvalue weighted by molar-refractivity contribution is 6.03. The number of hydrogen-bond acceptors (Lipinski definition) is 7. The van der Waals surface area contributed by atoms with Gasteiger partial charge in [0.25, 0.3) is 11.8 Å². The smallest absolute Gasteiger partial charge is 0.338 e. The zero-order valence-electron chi connectivity index (χ0n) is 15.1. The molecule has 2 amide bonds. The van der Waals surface area contributed by atoms with E-state index in [9.17, 15) is 14.4 Å². The molecular weight excluding hydrogens is 366 g/mol. The number of rotatable bonds is 6. The molecule has 0 bridgehead atoms. The van der Waals surface area contributed by atoms with Gasteiger partial charge in [0.2, 0.25) is 0 Å². The fourth-order valence-corrected chi connectivity index (χ4v) is 2.29. The summed E-state index contributed by atoms with van der Waals surface area (Å²) in [6, 6.07) is 9.33. The van der Waals surface area contributed by atoms with Gasteiger partial charge in [-0.3, -0.25) is 9.59 Å². The predicted molar refractivity (Wildman–Crippen MR) is 98.0 cm³/mol. The predicted octanol–water partition coefficient (Wildman–Crippen LogP) is 2.93. The van der Waals surface area contributed by atoms with E-state index in [4.69, 9.17) is 13.7 Å². The fraction of sp³-hybridized carbons (Fsp3) is 0.158. The van der Waals surface area contributed by atoms with Crippen LogP contribution in [0.1, 0.15) is 32.2 Å². The molecule has 0 aliphatic rings. The van der Waals surface area contributed by atoms with Gasteiger partial charge in [-0.1, -0.05) is 11.2 Å². The third-order valence-corrected chi connectivity index (χ3v) is 3.70. The third kappa shape index (κ3) is 4.64. The minimum Gasteiger partial charge on any atom is -0.459 e. The standard InChI is InChI=1S/C19H17N3O6/c1-11-5-6-13(9-14(11)20-18(24)15-4-3-7-26-15)19(25)27-10-17(23)21-16-8-12(2)28-22-16/h3-9H,10H2,1-2H3,(H,20,24)(H,21,22,23). The molecule has 0 spiro atoms. The topological polar surface area (TPSA) is 124 Å². The summed E-state index contributed by atoms with van der Waals surface area (Å²) in [7, 11) is 0. The maximum Gasteiger partial charge on any atom is 0.338 e. The van der Waals surface area contributed by atoms with E-state index in [1.54, 1.807) is 32.0 Å². The van der Waals surface area contributed by atoms with Gasteiger partial charge >= 0.3 is 5.97 Å². The molecule has 3 rings (SSSR count). The average molecular weight is 383 g/mol. The van der Waals surface area contributed by atoms with Crippen LogP contribution in [0, 0.1) is 13.8 Å². The van der Waals surface area contributed by atoms with Crippen molar-refractivity contribution in [2.75, 3.05) is 17.2 Å². The van der Waals surface area contributed by atoms with E-state index in [1.807, 2.05) is 0 Å². The summed E-state index contributed by atoms with van der Waals surface area (Å²) in [6.07, 6.45) is 1.39. The van der Waals surface area contributed by atoms with E-state index in [0.29, 0.717) is 11.4 Å². The molecule has 0 saturated heterocycles. The molecule has 2 N–H and O–H groups in total. The van der Waals surface area contributed by atoms with E-state index in [0.717, 1.165) is 5.56 Å². The lowest BCUT2D eigenvalue weighted by atomic mass is 10.1. The highest BCUT2D eigenvalue weighted by atomic mass is 16.5. The Morgan fingerprint density at radius 1 is 1.11 bits per heavy atom. The zero-order valence-corrected chi connectivity index (χ0v) is 15.1. The third-order valence-electron chi connectivity index (χ3n) is 3.70. The number of esters is 1.